The number of rotatable bonds is 17. The number of nitrogens with one attached hydrogen (secondary N) is 1. The molecule has 2 heterocycles. The van der Waals surface area contributed by atoms with Gasteiger partial charge in [0.1, 0.15) is 5.69 Å². The van der Waals surface area contributed by atoms with Gasteiger partial charge in [0.05, 0.1) is 18.3 Å². The molecular formula is C38H52N4O6. The minimum absolute atomic E-state index is 0.0632. The topological polar surface area (TPSA) is 143 Å². The first kappa shape index (κ1) is 38.4. The summed E-state index contributed by atoms with van der Waals surface area (Å²) in [6.45, 7) is 15.3. The second kappa shape index (κ2) is 16.8. The van der Waals surface area contributed by atoms with E-state index in [4.69, 9.17) is 0 Å². The molecule has 3 rings (SSSR count). The molecule has 2 unspecified atom stereocenters. The highest BCUT2D eigenvalue weighted by molar-refractivity contribution is 6.38. The summed E-state index contributed by atoms with van der Waals surface area (Å²) in [5.41, 5.74) is 0.496. The van der Waals surface area contributed by atoms with Crippen molar-refractivity contribution in [2.24, 2.45) is 29.1 Å². The zero-order valence-corrected chi connectivity index (χ0v) is 29.7. The Bertz CT molecular complexity index is 1460. The molecule has 10 nitrogen and oxygen atoms in total. The third kappa shape index (κ3) is 9.51. The molecule has 2 amide bonds. The Hall–Kier alpha value is -4.08. The summed E-state index contributed by atoms with van der Waals surface area (Å²) in [6, 6.07) is 7.89. The van der Waals surface area contributed by atoms with Crippen LogP contribution in [0, 0.1) is 29.1 Å². The number of hydrogen-bond acceptors (Lipinski definition) is 8. The molecule has 1 N–H and O–H groups in total. The largest absolute Gasteiger partial charge is 0.341 e. The van der Waals surface area contributed by atoms with Crippen LogP contribution in [-0.4, -0.2) is 68.4 Å². The number of Topliss-reactive ketones (excluding diaryl/α,β-unsaturated/α-hetero) is 4. The first-order valence-electron chi connectivity index (χ1n) is 17.1. The van der Waals surface area contributed by atoms with E-state index in [1.165, 1.54) is 18.6 Å². The third-order valence-electron chi connectivity index (χ3n) is 9.72. The molecule has 10 heteroatoms. The maximum atomic E-state index is 14.2. The van der Waals surface area contributed by atoms with Gasteiger partial charge in [-0.1, -0.05) is 85.7 Å². The lowest BCUT2D eigenvalue weighted by Crippen LogP contribution is -2.51. The van der Waals surface area contributed by atoms with E-state index in [1.807, 2.05) is 78.8 Å². The van der Waals surface area contributed by atoms with Crippen LogP contribution in [0.5, 0.6) is 0 Å². The summed E-state index contributed by atoms with van der Waals surface area (Å²) < 4.78 is 0. The Kier molecular flexibility index (Phi) is 13.5. The second-order valence-corrected chi connectivity index (χ2v) is 14.6. The molecule has 1 saturated heterocycles. The van der Waals surface area contributed by atoms with Gasteiger partial charge in [0.25, 0.3) is 5.91 Å². The molecular weight excluding hydrogens is 608 g/mol. The Morgan fingerprint density at radius 3 is 2.15 bits per heavy atom. The number of nitrogens with zero attached hydrogens (tertiary/aromatic N) is 3. The molecule has 5 atom stereocenters. The molecule has 0 spiro atoms. The van der Waals surface area contributed by atoms with Gasteiger partial charge in [-0.05, 0) is 41.6 Å². The highest BCUT2D eigenvalue weighted by Crippen LogP contribution is 2.40. The van der Waals surface area contributed by atoms with Crippen LogP contribution in [0.3, 0.4) is 0 Å². The van der Waals surface area contributed by atoms with Crippen molar-refractivity contribution in [2.45, 2.75) is 105 Å². The van der Waals surface area contributed by atoms with Crippen molar-refractivity contribution in [3.63, 3.8) is 0 Å². The molecule has 1 aromatic heterocycles. The van der Waals surface area contributed by atoms with Crippen LogP contribution >= 0.6 is 0 Å². The van der Waals surface area contributed by atoms with Crippen LogP contribution < -0.4 is 5.32 Å². The van der Waals surface area contributed by atoms with E-state index in [1.54, 1.807) is 11.8 Å². The van der Waals surface area contributed by atoms with Crippen molar-refractivity contribution in [3.05, 3.63) is 60.2 Å². The Morgan fingerprint density at radius 1 is 0.917 bits per heavy atom. The number of likely N-dealkylation sites (tertiary alicyclic amines) is 1. The third-order valence-corrected chi connectivity index (χ3v) is 9.72. The highest BCUT2D eigenvalue weighted by Gasteiger charge is 2.49. The average molecular weight is 661 g/mol. The van der Waals surface area contributed by atoms with Crippen molar-refractivity contribution in [3.8, 4) is 0 Å². The number of aromatic nitrogens is 2. The predicted octanol–water partition coefficient (Wildman–Crippen LogP) is 5.41. The van der Waals surface area contributed by atoms with Gasteiger partial charge in [-0.25, -0.2) is 4.98 Å². The normalized spacial score (nSPS) is 18.2. The number of amides is 2. The Balaban J connectivity index is 1.75. The first-order chi connectivity index (χ1) is 22.6. The molecule has 0 aliphatic carbocycles. The molecule has 260 valence electrons. The number of carbonyl (C=O) groups is 6. The van der Waals surface area contributed by atoms with Crippen molar-refractivity contribution in [2.75, 3.05) is 6.54 Å². The molecule has 0 bridgehead atoms. The van der Waals surface area contributed by atoms with Crippen LogP contribution in [-0.2, 0) is 24.0 Å². The second-order valence-electron chi connectivity index (χ2n) is 14.6. The lowest BCUT2D eigenvalue weighted by molar-refractivity contribution is -0.146. The lowest BCUT2D eigenvalue weighted by atomic mass is 9.78. The van der Waals surface area contributed by atoms with Gasteiger partial charge < -0.3 is 10.2 Å². The van der Waals surface area contributed by atoms with Crippen molar-refractivity contribution in [1.29, 1.82) is 0 Å². The molecule has 0 saturated carbocycles. The highest BCUT2D eigenvalue weighted by atomic mass is 16.2. The van der Waals surface area contributed by atoms with Crippen LogP contribution in [0.15, 0.2) is 48.9 Å². The van der Waals surface area contributed by atoms with E-state index in [2.05, 4.69) is 15.3 Å². The van der Waals surface area contributed by atoms with E-state index >= 15 is 0 Å². The summed E-state index contributed by atoms with van der Waals surface area (Å²) in [7, 11) is 0. The van der Waals surface area contributed by atoms with Gasteiger partial charge in [-0.3, -0.25) is 33.8 Å². The van der Waals surface area contributed by atoms with Crippen molar-refractivity contribution < 1.29 is 28.8 Å². The smallest absolute Gasteiger partial charge is 0.272 e. The molecule has 48 heavy (non-hydrogen) atoms. The van der Waals surface area contributed by atoms with Crippen LogP contribution in [0.1, 0.15) is 109 Å². The minimum Gasteiger partial charge on any atom is -0.341 e. The minimum atomic E-state index is -0.848. The van der Waals surface area contributed by atoms with Crippen LogP contribution in [0.25, 0.3) is 0 Å². The quantitative estimate of drug-likeness (QED) is 0.222. The van der Waals surface area contributed by atoms with Crippen molar-refractivity contribution in [1.82, 2.24) is 20.2 Å². The van der Waals surface area contributed by atoms with Gasteiger partial charge in [-0.2, -0.15) is 0 Å². The Labute approximate surface area is 284 Å². The Morgan fingerprint density at radius 2 is 1.58 bits per heavy atom. The number of hydrogen-bond donors (Lipinski definition) is 1. The van der Waals surface area contributed by atoms with E-state index in [0.717, 1.165) is 5.56 Å². The van der Waals surface area contributed by atoms with Gasteiger partial charge in [0.2, 0.25) is 11.7 Å². The lowest BCUT2D eigenvalue weighted by Gasteiger charge is -2.35. The monoisotopic (exact) mass is 660 g/mol. The van der Waals surface area contributed by atoms with E-state index in [0.29, 0.717) is 19.4 Å². The predicted molar refractivity (Wildman–Crippen MR) is 183 cm³/mol. The average Bonchev–Trinajstić information content (AvgIpc) is 3.39. The molecule has 1 aliphatic heterocycles. The summed E-state index contributed by atoms with van der Waals surface area (Å²) in [5, 5.41) is 2.76. The number of benzene rings is 1. The molecule has 1 fully saturated rings. The fourth-order valence-electron chi connectivity index (χ4n) is 6.64. The van der Waals surface area contributed by atoms with E-state index in [9.17, 15) is 28.8 Å². The standard InChI is InChI=1S/C38H52N4O6/c1-9-26(34(46)31(44)19-25(6)27-13-11-10-12-14-27)20-32(45)35-38(7,8)15-18-42(35)37(48)28(23(2)3)21-30(43)33(24(4)5)41-36(47)29-22-39-16-17-40-29/h10-14,16-17,22-26,28,33,35H,9,15,18-21H2,1-8H3,(H,41,47)/t25-,26?,28+,33+,35?/m1/s1. The molecule has 1 aromatic carbocycles. The molecule has 1 aliphatic rings. The van der Waals surface area contributed by atoms with Crippen molar-refractivity contribution >= 4 is 34.9 Å². The summed E-state index contributed by atoms with van der Waals surface area (Å²) in [5.74, 6) is -4.49. The molecule has 0 radical (unpaired) electrons. The number of carbonyl (C=O) groups excluding carboxylic acids is 6. The maximum absolute atomic E-state index is 14.2. The van der Waals surface area contributed by atoms with Crippen LogP contribution in [0.4, 0.5) is 0 Å². The van der Waals surface area contributed by atoms with E-state index in [-0.39, 0.29) is 60.2 Å². The van der Waals surface area contributed by atoms with Gasteiger partial charge >= 0.3 is 0 Å². The SMILES string of the molecule is CCC(CC(=O)C1N(C(=O)[C@@H](CC(=O)[C@@H](NC(=O)c2cnccn2)C(C)C)C(C)C)CCC1(C)C)C(=O)C(=O)C[C@@H](C)c1ccccc1. The first-order valence-corrected chi connectivity index (χ1v) is 17.1. The maximum Gasteiger partial charge on any atom is 0.272 e. The fraction of sp³-hybridized carbons (Fsp3) is 0.579. The summed E-state index contributed by atoms with van der Waals surface area (Å²) in [6.07, 6.45) is 4.90. The van der Waals surface area contributed by atoms with E-state index < -0.39 is 46.8 Å². The summed E-state index contributed by atoms with van der Waals surface area (Å²) in [4.78, 5) is 90.6. The summed E-state index contributed by atoms with van der Waals surface area (Å²) >= 11 is 0. The van der Waals surface area contributed by atoms with Gasteiger partial charge in [0.15, 0.2) is 17.3 Å². The number of ketones is 4. The zero-order valence-electron chi connectivity index (χ0n) is 29.7. The molecule has 2 aromatic rings. The van der Waals surface area contributed by atoms with Crippen LogP contribution in [0.2, 0.25) is 0 Å². The fourth-order valence-corrected chi connectivity index (χ4v) is 6.64. The van der Waals surface area contributed by atoms with Gasteiger partial charge in [0, 0.05) is 50.0 Å². The zero-order chi connectivity index (χ0) is 35.8. The van der Waals surface area contributed by atoms with Gasteiger partial charge in [-0.15, -0.1) is 0 Å².